The van der Waals surface area contributed by atoms with E-state index in [0.717, 1.165) is 5.56 Å². The van der Waals surface area contributed by atoms with Crippen LogP contribution in [0.4, 0.5) is 10.2 Å². The first kappa shape index (κ1) is 23.7. The maximum Gasteiger partial charge on any atom is 0.196 e. The third kappa shape index (κ3) is 4.86. The van der Waals surface area contributed by atoms with Gasteiger partial charge in [-0.05, 0) is 68.4 Å². The van der Waals surface area contributed by atoms with Crippen LogP contribution in [0.25, 0.3) is 16.9 Å². The highest BCUT2D eigenvalue weighted by molar-refractivity contribution is 6.13. The summed E-state index contributed by atoms with van der Waals surface area (Å²) in [6, 6.07) is 18.3. The number of carbonyl (C=O) groups excluding carboxylic acids is 1. The smallest absolute Gasteiger partial charge is 0.196 e. The first-order valence-electron chi connectivity index (χ1n) is 11.6. The van der Waals surface area contributed by atoms with Crippen molar-refractivity contribution in [1.29, 1.82) is 0 Å². The van der Waals surface area contributed by atoms with Gasteiger partial charge in [0.05, 0.1) is 17.9 Å². The summed E-state index contributed by atoms with van der Waals surface area (Å²) in [5.41, 5.74) is 9.34. The van der Waals surface area contributed by atoms with Gasteiger partial charge in [-0.1, -0.05) is 12.1 Å². The molecule has 0 radical (unpaired) electrons. The topological polar surface area (TPSA) is 88.6 Å². The molecule has 1 aliphatic heterocycles. The summed E-state index contributed by atoms with van der Waals surface area (Å²) in [5, 5.41) is 0. The number of anilines is 1. The second kappa shape index (κ2) is 9.56. The van der Waals surface area contributed by atoms with Gasteiger partial charge in [0.25, 0.3) is 0 Å². The summed E-state index contributed by atoms with van der Waals surface area (Å²) >= 11 is 0. The van der Waals surface area contributed by atoms with Crippen molar-refractivity contribution in [2.75, 3.05) is 18.9 Å². The lowest BCUT2D eigenvalue weighted by atomic mass is 10.0. The van der Waals surface area contributed by atoms with Crippen LogP contribution in [0.3, 0.4) is 0 Å². The Balaban J connectivity index is 1.46. The lowest BCUT2D eigenvalue weighted by molar-refractivity contribution is -0.141. The van der Waals surface area contributed by atoms with Crippen LogP contribution in [-0.2, 0) is 9.47 Å². The number of hydrogen-bond donors (Lipinski definition) is 1. The fraction of sp³-hybridized carbons (Fsp3) is 0.214. The van der Waals surface area contributed by atoms with Crippen molar-refractivity contribution in [2.45, 2.75) is 25.7 Å². The van der Waals surface area contributed by atoms with Crippen LogP contribution in [0.2, 0.25) is 0 Å². The molecule has 0 bridgehead atoms. The molecule has 0 saturated carbocycles. The van der Waals surface area contributed by atoms with E-state index >= 15 is 0 Å². The van der Waals surface area contributed by atoms with E-state index < -0.39 is 5.79 Å². The van der Waals surface area contributed by atoms with Crippen LogP contribution < -0.4 is 10.5 Å². The monoisotopic (exact) mass is 487 g/mol. The molecule has 5 rings (SSSR count). The first-order chi connectivity index (χ1) is 17.3. The molecule has 0 aliphatic carbocycles. The van der Waals surface area contributed by atoms with Crippen molar-refractivity contribution in [3.05, 3.63) is 96.1 Å². The number of nitrogens with two attached hydrogens (primary N) is 1. The first-order valence-corrected chi connectivity index (χ1v) is 11.6. The summed E-state index contributed by atoms with van der Waals surface area (Å²) in [5.74, 6) is -0.467. The third-order valence-corrected chi connectivity index (χ3v) is 5.92. The molecule has 1 saturated heterocycles. The molecule has 3 heterocycles. The van der Waals surface area contributed by atoms with Crippen molar-refractivity contribution < 1.29 is 23.4 Å². The lowest BCUT2D eigenvalue weighted by Gasteiger charge is -2.17. The number of benzene rings is 2. The molecule has 1 aliphatic rings. The van der Waals surface area contributed by atoms with Gasteiger partial charge in [-0.25, -0.2) is 4.39 Å². The summed E-state index contributed by atoms with van der Waals surface area (Å²) in [7, 11) is 0. The number of nitrogens with zero attached hydrogens (tertiary/aromatic N) is 2. The average Bonchev–Trinajstić information content (AvgIpc) is 3.42. The Morgan fingerprint density at radius 1 is 1.17 bits per heavy atom. The lowest BCUT2D eigenvalue weighted by Crippen LogP contribution is -2.25. The predicted molar refractivity (Wildman–Crippen MR) is 134 cm³/mol. The predicted octanol–water partition coefficient (Wildman–Crippen LogP) is 5.02. The molecular weight excluding hydrogens is 461 g/mol. The summed E-state index contributed by atoms with van der Waals surface area (Å²) in [6.45, 7) is 4.45. The van der Waals surface area contributed by atoms with E-state index in [2.05, 4.69) is 4.98 Å². The minimum absolute atomic E-state index is 0.193. The Bertz CT molecular complexity index is 1380. The van der Waals surface area contributed by atoms with E-state index in [0.29, 0.717) is 41.5 Å². The van der Waals surface area contributed by atoms with Gasteiger partial charge in [-0.3, -0.25) is 14.3 Å². The minimum atomic E-state index is -0.632. The average molecular weight is 488 g/mol. The van der Waals surface area contributed by atoms with Crippen LogP contribution >= 0.6 is 0 Å². The van der Waals surface area contributed by atoms with Crippen molar-refractivity contribution in [2.24, 2.45) is 0 Å². The summed E-state index contributed by atoms with van der Waals surface area (Å²) in [6.07, 6.45) is 3.16. The number of hydrogen-bond acceptors (Lipinski definition) is 6. The Kier molecular flexibility index (Phi) is 6.30. The molecule has 2 aromatic heterocycles. The summed E-state index contributed by atoms with van der Waals surface area (Å²) < 4.78 is 32.5. The van der Waals surface area contributed by atoms with E-state index in [9.17, 15) is 9.18 Å². The second-order valence-corrected chi connectivity index (χ2v) is 9.00. The van der Waals surface area contributed by atoms with Crippen LogP contribution in [-0.4, -0.2) is 40.4 Å². The molecular formula is C28H26FN3O4. The quantitative estimate of drug-likeness (QED) is 0.368. The largest absolute Gasteiger partial charge is 0.491 e. The number of ketones is 1. The van der Waals surface area contributed by atoms with E-state index in [1.54, 1.807) is 65.5 Å². The van der Waals surface area contributed by atoms with Crippen LogP contribution in [0.1, 0.15) is 29.8 Å². The van der Waals surface area contributed by atoms with Crippen LogP contribution in [0, 0.1) is 5.82 Å². The molecule has 7 nitrogen and oxygen atoms in total. The third-order valence-electron chi connectivity index (χ3n) is 5.92. The fourth-order valence-electron chi connectivity index (χ4n) is 4.22. The second-order valence-electron chi connectivity index (χ2n) is 9.00. The van der Waals surface area contributed by atoms with Crippen molar-refractivity contribution in [3.63, 3.8) is 0 Å². The zero-order valence-corrected chi connectivity index (χ0v) is 20.0. The number of nitrogen functional groups attached to an aromatic ring is 1. The van der Waals surface area contributed by atoms with Gasteiger partial charge >= 0.3 is 0 Å². The molecule has 4 aromatic rings. The normalized spacial score (nSPS) is 16.7. The maximum atomic E-state index is 13.6. The number of ether oxygens (including phenoxy) is 3. The van der Waals surface area contributed by atoms with Crippen LogP contribution in [0.15, 0.2) is 79.1 Å². The molecule has 2 N–H and O–H groups in total. The zero-order valence-electron chi connectivity index (χ0n) is 20.0. The van der Waals surface area contributed by atoms with Crippen molar-refractivity contribution in [1.82, 2.24) is 9.55 Å². The number of aromatic nitrogens is 2. The standard InChI is InChI=1S/C28H26FN3O4/c1-28(2)35-17-23(36-28)16-34-22-7-3-5-18(13-22)26(33)24-14-25(19-6-4-12-31-15-19)32(27(24)30)21-10-8-20(29)9-11-21/h3-15,23H,16-17,30H2,1-2H3. The molecule has 1 atom stereocenters. The zero-order chi connectivity index (χ0) is 25.3. The Morgan fingerprint density at radius 2 is 1.97 bits per heavy atom. The van der Waals surface area contributed by atoms with Crippen molar-refractivity contribution >= 4 is 11.6 Å². The van der Waals surface area contributed by atoms with E-state index in [4.69, 9.17) is 19.9 Å². The number of carbonyl (C=O) groups is 1. The molecule has 1 fully saturated rings. The van der Waals surface area contributed by atoms with Crippen molar-refractivity contribution in [3.8, 4) is 22.7 Å². The molecule has 1 unspecified atom stereocenters. The fourth-order valence-corrected chi connectivity index (χ4v) is 4.22. The Labute approximate surface area is 208 Å². The minimum Gasteiger partial charge on any atom is -0.491 e. The molecule has 0 amide bonds. The highest BCUT2D eigenvalue weighted by Gasteiger charge is 2.33. The molecule has 8 heteroatoms. The number of halogens is 1. The molecule has 184 valence electrons. The Hall–Kier alpha value is -4.01. The van der Waals surface area contributed by atoms with Gasteiger partial charge in [0.1, 0.15) is 30.1 Å². The van der Waals surface area contributed by atoms with E-state index in [1.807, 2.05) is 19.9 Å². The van der Waals surface area contributed by atoms with Gasteiger partial charge in [0.15, 0.2) is 11.6 Å². The summed E-state index contributed by atoms with van der Waals surface area (Å²) in [4.78, 5) is 17.8. The van der Waals surface area contributed by atoms with Gasteiger partial charge in [-0.2, -0.15) is 0 Å². The highest BCUT2D eigenvalue weighted by Crippen LogP contribution is 2.33. The van der Waals surface area contributed by atoms with Gasteiger partial charge in [0.2, 0.25) is 0 Å². The number of pyridine rings is 1. The van der Waals surface area contributed by atoms with Crippen LogP contribution in [0.5, 0.6) is 5.75 Å². The Morgan fingerprint density at radius 3 is 2.67 bits per heavy atom. The number of rotatable bonds is 7. The highest BCUT2D eigenvalue weighted by atomic mass is 19.1. The van der Waals surface area contributed by atoms with E-state index in [1.165, 1.54) is 12.1 Å². The molecule has 2 aromatic carbocycles. The van der Waals surface area contributed by atoms with Gasteiger partial charge in [-0.15, -0.1) is 0 Å². The molecule has 36 heavy (non-hydrogen) atoms. The van der Waals surface area contributed by atoms with E-state index in [-0.39, 0.29) is 23.5 Å². The van der Waals surface area contributed by atoms with Gasteiger partial charge in [0, 0.05) is 29.2 Å². The van der Waals surface area contributed by atoms with Gasteiger partial charge < -0.3 is 19.9 Å². The molecule has 0 spiro atoms. The maximum absolute atomic E-state index is 13.6. The SMILES string of the molecule is CC1(C)OCC(COc2cccc(C(=O)c3cc(-c4cccnc4)n(-c4ccc(F)cc4)c3N)c2)O1.